The van der Waals surface area contributed by atoms with E-state index >= 15 is 0 Å². The van der Waals surface area contributed by atoms with Gasteiger partial charge in [-0.05, 0) is 66.0 Å². The fraction of sp³-hybridized carbons (Fsp3) is 0.103. The number of rotatable bonds is 21. The van der Waals surface area contributed by atoms with Gasteiger partial charge in [0, 0.05) is 56.0 Å². The summed E-state index contributed by atoms with van der Waals surface area (Å²) in [6.45, 7) is -0.146. The van der Waals surface area contributed by atoms with Crippen LogP contribution >= 0.6 is 24.1 Å². The molecule has 7 aromatic rings. The standard InChI is InChI=1S/C39H34N10O15S4.4Li/c1-59-31-17-21(9-11-29(31)48-46-23-16-28-25(34(19-23)66-64-62-52)5-4-8-35(28)67(53,54)55)41-38-43-37(40-13-14-50)44-39(45-38)42-22-10-12-30(32(18-22)60-2)49-47-24-15-27-26(36(20-24)68(56,57)58)6-3-7-33(27)65-63-61-51;;;;/h3-12,15-20,50-52H,13-14H2,1-2H3,(H,53,54,55)(H,56,57,58)(H3,40,41,42,43,44,45);;;;/q;4*+1/p-4. The van der Waals surface area contributed by atoms with Crippen molar-refractivity contribution >= 4 is 118 Å². The second kappa shape index (κ2) is 28.4. The Bertz CT molecular complexity index is 3300. The van der Waals surface area contributed by atoms with Gasteiger partial charge < -0.3 is 50.2 Å². The van der Waals surface area contributed by atoms with E-state index in [-0.39, 0.29) is 172 Å². The number of methoxy groups -OCH3 is 2. The van der Waals surface area contributed by atoms with Gasteiger partial charge in [-0.25, -0.2) is 16.8 Å². The zero-order chi connectivity index (χ0) is 48.4. The number of aliphatic hydroxyl groups excluding tert-OH is 1. The van der Waals surface area contributed by atoms with E-state index in [4.69, 9.17) is 9.47 Å². The van der Waals surface area contributed by atoms with Crippen LogP contribution in [-0.4, -0.2) is 73.4 Å². The Morgan fingerprint density at radius 2 is 1.07 bits per heavy atom. The number of hydrogen-bond donors (Lipinski definition) is 4. The number of aliphatic hydroxyl groups is 1. The molecule has 4 N–H and O–H groups in total. The molecule has 7 rings (SSSR count). The van der Waals surface area contributed by atoms with E-state index in [0.717, 1.165) is 12.1 Å². The van der Waals surface area contributed by atoms with Gasteiger partial charge in [-0.2, -0.15) is 33.8 Å². The fourth-order valence-electron chi connectivity index (χ4n) is 6.29. The molecule has 25 nitrogen and oxygen atoms in total. The maximum absolute atomic E-state index is 12.2. The molecule has 354 valence electrons. The van der Waals surface area contributed by atoms with Gasteiger partial charge in [0.05, 0.1) is 66.1 Å². The molecular weight excluding hydrogens is 1000 g/mol. The van der Waals surface area contributed by atoms with Crippen molar-refractivity contribution in [1.29, 1.82) is 0 Å². The minimum absolute atomic E-state index is 0. The molecule has 1 heterocycles. The van der Waals surface area contributed by atoms with Crippen LogP contribution in [0.15, 0.2) is 137 Å². The summed E-state index contributed by atoms with van der Waals surface area (Å²) >= 11 is 0.983. The topological polar surface area (TPSA) is 360 Å². The maximum atomic E-state index is 12.2. The molecule has 0 aliphatic rings. The summed E-state index contributed by atoms with van der Waals surface area (Å²) < 4.78 is 92.7. The van der Waals surface area contributed by atoms with Crippen LogP contribution in [0.5, 0.6) is 11.5 Å². The van der Waals surface area contributed by atoms with Crippen LogP contribution in [0.2, 0.25) is 0 Å². The molecule has 0 spiro atoms. The van der Waals surface area contributed by atoms with Crippen molar-refractivity contribution in [2.45, 2.75) is 19.6 Å². The molecule has 0 aliphatic heterocycles. The van der Waals surface area contributed by atoms with Crippen LogP contribution < -0.4 is 111 Å². The summed E-state index contributed by atoms with van der Waals surface area (Å²) in [6.07, 6.45) is 0. The second-order valence-electron chi connectivity index (χ2n) is 13.3. The van der Waals surface area contributed by atoms with E-state index in [2.05, 4.69) is 70.1 Å². The van der Waals surface area contributed by atoms with Crippen LogP contribution in [0.25, 0.3) is 21.5 Å². The Morgan fingerprint density at radius 3 is 1.60 bits per heavy atom. The first kappa shape index (κ1) is 62.0. The number of ether oxygens (including phenoxy) is 2. The molecule has 0 aliphatic carbocycles. The molecule has 33 heteroatoms. The first-order valence-corrected chi connectivity index (χ1v) is 23.2. The van der Waals surface area contributed by atoms with Crippen molar-refractivity contribution in [3.8, 4) is 11.5 Å². The first-order chi connectivity index (χ1) is 32.7. The van der Waals surface area contributed by atoms with Gasteiger partial charge >= 0.3 is 75.4 Å². The van der Waals surface area contributed by atoms with E-state index < -0.39 is 30.0 Å². The van der Waals surface area contributed by atoms with Gasteiger partial charge in [0.2, 0.25) is 17.8 Å². The summed E-state index contributed by atoms with van der Waals surface area (Å²) in [7, 11) is -7.14. The predicted molar refractivity (Wildman–Crippen MR) is 236 cm³/mol. The number of anilines is 5. The Hall–Kier alpha value is -4.32. The molecule has 0 saturated carbocycles. The van der Waals surface area contributed by atoms with Crippen molar-refractivity contribution in [2.24, 2.45) is 20.5 Å². The third-order valence-corrected chi connectivity index (χ3v) is 12.2. The largest absolute Gasteiger partial charge is 1.00 e. The third-order valence-electron chi connectivity index (χ3n) is 9.10. The molecule has 1 aromatic heterocycles. The quantitative estimate of drug-likeness (QED) is 0.0130. The van der Waals surface area contributed by atoms with Crippen molar-refractivity contribution in [2.75, 3.05) is 43.3 Å². The maximum Gasteiger partial charge on any atom is 1.00 e. The number of fused-ring (bicyclic) bond motifs is 2. The summed E-state index contributed by atoms with van der Waals surface area (Å²) in [5, 5.41) is 63.8. The molecule has 0 saturated heterocycles. The SMILES string of the molecule is COc1cc(Nc2nc(NCCO)nc(Nc3ccc(N=Nc4cc(SOO[O-])c5cccc(S(=O)(=O)[O-])c5c4)c(OC)c3)n2)ccc1N=Nc1cc(S(=O)(=O)[O-])c2cccc(SOO[O-])c2c1.[Li+].[Li+].[Li+].[Li+]. The number of azo groups is 2. The average molecular weight is 1030 g/mol. The number of benzene rings is 6. The third kappa shape index (κ3) is 15.8. The normalized spacial score (nSPS) is 11.4. The van der Waals surface area contributed by atoms with Crippen LogP contribution in [0, 0.1) is 0 Å². The molecule has 72 heavy (non-hydrogen) atoms. The zero-order valence-corrected chi connectivity index (χ0v) is 41.8. The summed E-state index contributed by atoms with van der Waals surface area (Å²) in [5.74, 6) is 0.565. The first-order valence-electron chi connectivity index (χ1n) is 18.9. The zero-order valence-electron chi connectivity index (χ0n) is 38.6. The van der Waals surface area contributed by atoms with Gasteiger partial charge in [0.25, 0.3) is 0 Å². The van der Waals surface area contributed by atoms with Crippen molar-refractivity contribution in [3.05, 3.63) is 97.1 Å². The molecule has 0 amide bonds. The Balaban J connectivity index is 0.00000342. The monoisotopic (exact) mass is 1030 g/mol. The van der Waals surface area contributed by atoms with Crippen LogP contribution in [0.1, 0.15) is 0 Å². The minimum atomic E-state index is -4.99. The molecule has 0 bridgehead atoms. The molecular formula is C39H30Li4N10O15S4. The number of hydrogen-bond acceptors (Lipinski definition) is 27. The van der Waals surface area contributed by atoms with Gasteiger partial charge in [-0.3, -0.25) is 10.1 Å². The minimum Gasteiger partial charge on any atom is -0.744 e. The second-order valence-corrected chi connectivity index (χ2v) is 17.5. The number of aromatic nitrogens is 3. The van der Waals surface area contributed by atoms with Crippen LogP contribution in [0.3, 0.4) is 0 Å². The average Bonchev–Trinajstić information content (AvgIpc) is 3.32. The summed E-state index contributed by atoms with van der Waals surface area (Å²) in [4.78, 5) is 12.6. The Morgan fingerprint density at radius 1 is 0.569 bits per heavy atom. The van der Waals surface area contributed by atoms with Crippen molar-refractivity contribution < 1.29 is 145 Å². The van der Waals surface area contributed by atoms with E-state index in [9.17, 15) is 41.6 Å². The Kier molecular flexibility index (Phi) is 24.4. The van der Waals surface area contributed by atoms with Gasteiger partial charge in [-0.15, -0.1) is 10.2 Å². The molecule has 6 aromatic carbocycles. The number of nitrogens with zero attached hydrogens (tertiary/aromatic N) is 7. The summed E-state index contributed by atoms with van der Waals surface area (Å²) in [6, 6.07) is 23.0. The van der Waals surface area contributed by atoms with E-state index in [1.807, 2.05) is 0 Å². The predicted octanol–water partition coefficient (Wildman–Crippen LogP) is -5.80. The van der Waals surface area contributed by atoms with Gasteiger partial charge in [0.1, 0.15) is 43.1 Å². The van der Waals surface area contributed by atoms with E-state index in [1.54, 1.807) is 30.3 Å². The smallest absolute Gasteiger partial charge is 0.744 e. The molecule has 0 radical (unpaired) electrons. The van der Waals surface area contributed by atoms with Gasteiger partial charge in [0.15, 0.2) is 0 Å². The number of nitrogens with one attached hydrogen (secondary N) is 3. The molecule has 0 atom stereocenters. The van der Waals surface area contributed by atoms with Crippen LogP contribution in [0.4, 0.5) is 52.0 Å². The summed E-state index contributed by atoms with van der Waals surface area (Å²) in [5.41, 5.74) is 1.30. The molecule has 0 unspecified atom stereocenters. The van der Waals surface area contributed by atoms with Crippen molar-refractivity contribution in [3.63, 3.8) is 0 Å². The van der Waals surface area contributed by atoms with Gasteiger partial charge in [-0.1, -0.05) is 24.3 Å². The molecule has 0 fully saturated rings. The van der Waals surface area contributed by atoms with E-state index in [0.29, 0.717) is 35.5 Å². The van der Waals surface area contributed by atoms with E-state index in [1.165, 1.54) is 68.8 Å². The fourth-order valence-corrected chi connectivity index (χ4v) is 8.72. The Labute approximate surface area is 466 Å². The van der Waals surface area contributed by atoms with Crippen molar-refractivity contribution in [1.82, 2.24) is 15.0 Å². The van der Waals surface area contributed by atoms with Crippen LogP contribution in [-0.2, 0) is 39.0 Å².